The Kier molecular flexibility index (Phi) is 5.78. The van der Waals surface area contributed by atoms with Crippen molar-refractivity contribution >= 4 is 17.3 Å². The molecule has 0 atom stereocenters. The fourth-order valence-corrected chi connectivity index (χ4v) is 2.25. The van der Waals surface area contributed by atoms with Gasteiger partial charge in [-0.25, -0.2) is 0 Å². The van der Waals surface area contributed by atoms with Crippen molar-refractivity contribution in [3.05, 3.63) is 52.1 Å². The number of carbonyl (C=O) groups excluding carboxylic acids is 1. The predicted molar refractivity (Wildman–Crippen MR) is 91.8 cm³/mol. The van der Waals surface area contributed by atoms with Crippen LogP contribution in [0.15, 0.2) is 36.4 Å². The molecule has 0 spiro atoms. The molecule has 2 rings (SSSR count). The van der Waals surface area contributed by atoms with Gasteiger partial charge in [0.1, 0.15) is 11.3 Å². The number of nitro benzene ring substituents is 1. The van der Waals surface area contributed by atoms with E-state index in [9.17, 15) is 14.9 Å². The molecule has 1 N–H and O–H groups in total. The van der Waals surface area contributed by atoms with Crippen molar-refractivity contribution in [2.75, 3.05) is 26.1 Å². The first-order valence-corrected chi connectivity index (χ1v) is 7.45. The number of methoxy groups -OCH3 is 2. The Bertz CT molecular complexity index is 791. The quantitative estimate of drug-likeness (QED) is 0.610. The number of hydrogen-bond acceptors (Lipinski definition) is 6. The molecule has 0 aromatic heterocycles. The molecule has 132 valence electrons. The summed E-state index contributed by atoms with van der Waals surface area (Å²) in [6.07, 6.45) is 0. The van der Waals surface area contributed by atoms with E-state index >= 15 is 0 Å². The highest BCUT2D eigenvalue weighted by molar-refractivity contribution is 6.08. The van der Waals surface area contributed by atoms with Gasteiger partial charge in [-0.15, -0.1) is 0 Å². The number of rotatable bonds is 7. The molecule has 0 unspecified atom stereocenters. The van der Waals surface area contributed by atoms with Gasteiger partial charge in [0.15, 0.2) is 11.5 Å². The topological polar surface area (TPSA) is 99.9 Å². The van der Waals surface area contributed by atoms with Crippen LogP contribution in [0, 0.1) is 10.1 Å². The summed E-state index contributed by atoms with van der Waals surface area (Å²) in [5.41, 5.74) is -0.120. The van der Waals surface area contributed by atoms with Gasteiger partial charge in [-0.1, -0.05) is 12.1 Å². The van der Waals surface area contributed by atoms with Crippen LogP contribution in [-0.4, -0.2) is 31.7 Å². The molecule has 8 heteroatoms. The first-order chi connectivity index (χ1) is 12.0. The third kappa shape index (κ3) is 3.97. The van der Waals surface area contributed by atoms with Gasteiger partial charge in [0.05, 0.1) is 37.5 Å². The van der Waals surface area contributed by atoms with Gasteiger partial charge in [0, 0.05) is 6.07 Å². The summed E-state index contributed by atoms with van der Waals surface area (Å²) in [7, 11) is 2.86. The smallest absolute Gasteiger partial charge is 0.286 e. The second-order valence-corrected chi connectivity index (χ2v) is 4.86. The Morgan fingerprint density at radius 3 is 2.40 bits per heavy atom. The summed E-state index contributed by atoms with van der Waals surface area (Å²) in [5.74, 6) is 0.220. The minimum absolute atomic E-state index is 0.142. The fourth-order valence-electron chi connectivity index (χ4n) is 2.25. The molecule has 0 aliphatic heterocycles. The maximum Gasteiger partial charge on any atom is 0.286 e. The summed E-state index contributed by atoms with van der Waals surface area (Å²) in [5, 5.41) is 14.0. The van der Waals surface area contributed by atoms with E-state index in [2.05, 4.69) is 5.32 Å². The molecule has 1 amide bonds. The monoisotopic (exact) mass is 346 g/mol. The molecule has 0 radical (unpaired) electrons. The van der Waals surface area contributed by atoms with Crippen LogP contribution in [0.2, 0.25) is 0 Å². The Balaban J connectivity index is 2.45. The van der Waals surface area contributed by atoms with Gasteiger partial charge in [0.25, 0.3) is 11.6 Å². The standard InChI is InChI=1S/C17H18N2O6/c1-4-25-16-10-13(19(21)22)11(9-15(16)24-3)17(20)18-12-7-5-6-8-14(12)23-2/h5-10H,4H2,1-3H3,(H,18,20). The molecule has 0 aliphatic rings. The number of para-hydroxylation sites is 2. The lowest BCUT2D eigenvalue weighted by Gasteiger charge is -2.13. The number of nitro groups is 1. The van der Waals surface area contributed by atoms with Crippen LogP contribution in [0.5, 0.6) is 17.2 Å². The Hall–Kier alpha value is -3.29. The molecule has 0 heterocycles. The maximum absolute atomic E-state index is 12.6. The van der Waals surface area contributed by atoms with Crippen LogP contribution in [0.3, 0.4) is 0 Å². The van der Waals surface area contributed by atoms with E-state index in [1.165, 1.54) is 26.4 Å². The third-order valence-corrected chi connectivity index (χ3v) is 3.38. The molecule has 8 nitrogen and oxygen atoms in total. The normalized spacial score (nSPS) is 10.0. The lowest BCUT2D eigenvalue weighted by molar-refractivity contribution is -0.385. The van der Waals surface area contributed by atoms with Crippen molar-refractivity contribution in [1.29, 1.82) is 0 Å². The number of amides is 1. The molecule has 0 bridgehead atoms. The number of carbonyl (C=O) groups is 1. The Labute approximate surface area is 144 Å². The second kappa shape index (κ2) is 8.00. The number of ether oxygens (including phenoxy) is 3. The highest BCUT2D eigenvalue weighted by Crippen LogP contribution is 2.35. The number of hydrogen-bond donors (Lipinski definition) is 1. The van der Waals surface area contributed by atoms with Gasteiger partial charge in [-0.2, -0.15) is 0 Å². The van der Waals surface area contributed by atoms with E-state index in [0.29, 0.717) is 18.0 Å². The molecule has 2 aromatic rings. The lowest BCUT2D eigenvalue weighted by Crippen LogP contribution is -2.15. The van der Waals surface area contributed by atoms with Crippen LogP contribution in [0.4, 0.5) is 11.4 Å². The molecule has 0 fully saturated rings. The van der Waals surface area contributed by atoms with Gasteiger partial charge >= 0.3 is 0 Å². The molecule has 0 saturated carbocycles. The average molecular weight is 346 g/mol. The van der Waals surface area contributed by atoms with Gasteiger partial charge in [-0.05, 0) is 19.1 Å². The van der Waals surface area contributed by atoms with E-state index in [4.69, 9.17) is 14.2 Å². The SMILES string of the molecule is CCOc1cc([N+](=O)[O-])c(C(=O)Nc2ccccc2OC)cc1OC. The van der Waals surface area contributed by atoms with Crippen LogP contribution in [0.25, 0.3) is 0 Å². The fraction of sp³-hybridized carbons (Fsp3) is 0.235. The summed E-state index contributed by atoms with van der Waals surface area (Å²) in [4.78, 5) is 23.3. The number of nitrogens with zero attached hydrogens (tertiary/aromatic N) is 1. The maximum atomic E-state index is 12.6. The zero-order chi connectivity index (χ0) is 18.4. The largest absolute Gasteiger partial charge is 0.495 e. The third-order valence-electron chi connectivity index (χ3n) is 3.38. The van der Waals surface area contributed by atoms with Crippen molar-refractivity contribution in [2.45, 2.75) is 6.92 Å². The van der Waals surface area contributed by atoms with E-state index in [1.54, 1.807) is 31.2 Å². The van der Waals surface area contributed by atoms with Gasteiger partial charge in [0.2, 0.25) is 0 Å². The van der Waals surface area contributed by atoms with Crippen LogP contribution in [-0.2, 0) is 0 Å². The summed E-state index contributed by atoms with van der Waals surface area (Å²) in [6, 6.07) is 9.23. The summed E-state index contributed by atoms with van der Waals surface area (Å²) < 4.78 is 15.7. The molecule has 2 aromatic carbocycles. The Morgan fingerprint density at radius 2 is 1.80 bits per heavy atom. The van der Waals surface area contributed by atoms with Crippen LogP contribution in [0.1, 0.15) is 17.3 Å². The first-order valence-electron chi connectivity index (χ1n) is 7.45. The summed E-state index contributed by atoms with van der Waals surface area (Å²) in [6.45, 7) is 2.05. The summed E-state index contributed by atoms with van der Waals surface area (Å²) >= 11 is 0. The number of nitrogens with one attached hydrogen (secondary N) is 1. The van der Waals surface area contributed by atoms with Crippen molar-refractivity contribution < 1.29 is 23.9 Å². The zero-order valence-electron chi connectivity index (χ0n) is 14.1. The highest BCUT2D eigenvalue weighted by atomic mass is 16.6. The van der Waals surface area contributed by atoms with Crippen molar-refractivity contribution in [1.82, 2.24) is 0 Å². The predicted octanol–water partition coefficient (Wildman–Crippen LogP) is 3.26. The second-order valence-electron chi connectivity index (χ2n) is 4.86. The van der Waals surface area contributed by atoms with E-state index in [0.717, 1.165) is 0 Å². The minimum atomic E-state index is -0.655. The number of benzene rings is 2. The van der Waals surface area contributed by atoms with E-state index in [1.807, 2.05) is 0 Å². The van der Waals surface area contributed by atoms with E-state index < -0.39 is 10.8 Å². The van der Waals surface area contributed by atoms with Gasteiger partial charge < -0.3 is 19.5 Å². The molecular weight excluding hydrogens is 328 g/mol. The van der Waals surface area contributed by atoms with Crippen molar-refractivity contribution in [3.8, 4) is 17.2 Å². The van der Waals surface area contributed by atoms with Crippen molar-refractivity contribution in [2.24, 2.45) is 0 Å². The molecule has 25 heavy (non-hydrogen) atoms. The van der Waals surface area contributed by atoms with Crippen LogP contribution < -0.4 is 19.5 Å². The molecule has 0 aliphatic carbocycles. The average Bonchev–Trinajstić information content (AvgIpc) is 2.61. The molecule has 0 saturated heterocycles. The lowest BCUT2D eigenvalue weighted by atomic mass is 10.1. The van der Waals surface area contributed by atoms with Gasteiger partial charge in [-0.3, -0.25) is 14.9 Å². The minimum Gasteiger partial charge on any atom is -0.495 e. The van der Waals surface area contributed by atoms with E-state index in [-0.39, 0.29) is 22.7 Å². The first kappa shape index (κ1) is 18.1. The van der Waals surface area contributed by atoms with Crippen molar-refractivity contribution in [3.63, 3.8) is 0 Å². The van der Waals surface area contributed by atoms with Crippen LogP contribution >= 0.6 is 0 Å². The number of anilines is 1. The highest BCUT2D eigenvalue weighted by Gasteiger charge is 2.25. The zero-order valence-corrected chi connectivity index (χ0v) is 14.1. The Morgan fingerprint density at radius 1 is 1.12 bits per heavy atom. The molecular formula is C17H18N2O6.